The average molecular weight is 351 g/mol. The summed E-state index contributed by atoms with van der Waals surface area (Å²) in [6.45, 7) is 4.16. The van der Waals surface area contributed by atoms with Crippen LogP contribution in [0.5, 0.6) is 0 Å². The van der Waals surface area contributed by atoms with E-state index < -0.39 is 0 Å². The van der Waals surface area contributed by atoms with Crippen molar-refractivity contribution >= 4 is 0 Å². The zero-order valence-corrected chi connectivity index (χ0v) is 15.6. The number of aryl methyl sites for hydroxylation is 2. The maximum atomic E-state index is 6.77. The number of ether oxygens (including phenoxy) is 1. The predicted octanol–water partition coefficient (Wildman–Crippen LogP) is 3.70. The minimum atomic E-state index is 0.0745. The summed E-state index contributed by atoms with van der Waals surface area (Å²) in [4.78, 5) is 2.53. The highest BCUT2D eigenvalue weighted by atomic mass is 16.5. The van der Waals surface area contributed by atoms with Crippen molar-refractivity contribution in [2.24, 2.45) is 5.73 Å². The zero-order chi connectivity index (χ0) is 17.8. The van der Waals surface area contributed by atoms with Crippen LogP contribution >= 0.6 is 0 Å². The van der Waals surface area contributed by atoms with Crippen LogP contribution in [0.3, 0.4) is 0 Å². The van der Waals surface area contributed by atoms with Crippen molar-refractivity contribution in [2.75, 3.05) is 26.2 Å². The summed E-state index contributed by atoms with van der Waals surface area (Å²) >= 11 is 0. The molecule has 1 heterocycles. The highest BCUT2D eigenvalue weighted by Crippen LogP contribution is 2.37. The van der Waals surface area contributed by atoms with Gasteiger partial charge < -0.3 is 15.4 Å². The Kier molecular flexibility index (Phi) is 5.68. The molecule has 1 aliphatic carbocycles. The fraction of sp³-hybridized carbons (Fsp3) is 0.478. The third kappa shape index (κ3) is 3.85. The van der Waals surface area contributed by atoms with Gasteiger partial charge in [0.05, 0.1) is 6.10 Å². The number of piperidine rings is 1. The molecule has 2 N–H and O–H groups in total. The molecule has 0 atom stereocenters. The van der Waals surface area contributed by atoms with E-state index in [2.05, 4.69) is 53.4 Å². The summed E-state index contributed by atoms with van der Waals surface area (Å²) in [5.74, 6) is 0. The van der Waals surface area contributed by atoms with Crippen molar-refractivity contribution in [3.05, 3.63) is 70.8 Å². The van der Waals surface area contributed by atoms with E-state index in [0.29, 0.717) is 6.10 Å². The molecule has 3 nitrogen and oxygen atoms in total. The first-order valence-electron chi connectivity index (χ1n) is 10.1. The van der Waals surface area contributed by atoms with Crippen LogP contribution in [0.25, 0.3) is 0 Å². The van der Waals surface area contributed by atoms with Gasteiger partial charge in [-0.1, -0.05) is 48.5 Å². The average Bonchev–Trinajstić information content (AvgIpc) is 2.85. The number of nitrogens with two attached hydrogens (primary N) is 1. The standard InChI is InChI=1S/C23H30N2O/c24-14-5-15-25-16-12-20(13-17-25)26-23-21-8-3-1-6-18(21)10-11-19-7-2-4-9-22(19)23/h1-4,6-9,20,23H,5,10-17,24H2. The topological polar surface area (TPSA) is 38.5 Å². The lowest BCUT2D eigenvalue weighted by molar-refractivity contribution is -0.0271. The Morgan fingerprint density at radius 2 is 1.46 bits per heavy atom. The molecule has 0 amide bonds. The number of fused-ring (bicyclic) bond motifs is 2. The van der Waals surface area contributed by atoms with E-state index >= 15 is 0 Å². The van der Waals surface area contributed by atoms with E-state index in [-0.39, 0.29) is 6.10 Å². The normalized spacial score (nSPS) is 19.0. The number of benzene rings is 2. The van der Waals surface area contributed by atoms with Crippen molar-refractivity contribution in [3.63, 3.8) is 0 Å². The number of hydrogen-bond acceptors (Lipinski definition) is 3. The van der Waals surface area contributed by atoms with Gasteiger partial charge in [-0.2, -0.15) is 0 Å². The van der Waals surface area contributed by atoms with E-state index in [1.165, 1.54) is 22.3 Å². The van der Waals surface area contributed by atoms with Crippen LogP contribution in [0.4, 0.5) is 0 Å². The van der Waals surface area contributed by atoms with Gasteiger partial charge in [0, 0.05) is 13.1 Å². The van der Waals surface area contributed by atoms with Gasteiger partial charge in [0.2, 0.25) is 0 Å². The second-order valence-electron chi connectivity index (χ2n) is 7.60. The Labute approximate surface area is 157 Å². The van der Waals surface area contributed by atoms with Crippen molar-refractivity contribution in [2.45, 2.75) is 44.3 Å². The summed E-state index contributed by atoms with van der Waals surface area (Å²) in [5, 5.41) is 0. The third-order valence-electron chi connectivity index (χ3n) is 5.88. The Balaban J connectivity index is 1.53. The van der Waals surface area contributed by atoms with E-state index in [1.807, 2.05) is 0 Å². The molecule has 3 heteroatoms. The Bertz CT molecular complexity index is 674. The monoisotopic (exact) mass is 350 g/mol. The number of hydrogen-bond donors (Lipinski definition) is 1. The lowest BCUT2D eigenvalue weighted by atomic mass is 9.96. The first-order chi connectivity index (χ1) is 12.8. The largest absolute Gasteiger partial charge is 0.365 e. The van der Waals surface area contributed by atoms with Crippen LogP contribution in [-0.4, -0.2) is 37.2 Å². The molecular weight excluding hydrogens is 320 g/mol. The lowest BCUT2D eigenvalue weighted by Gasteiger charge is -2.34. The van der Waals surface area contributed by atoms with Gasteiger partial charge in [-0.25, -0.2) is 0 Å². The van der Waals surface area contributed by atoms with Crippen LogP contribution in [0, 0.1) is 0 Å². The van der Waals surface area contributed by atoms with Gasteiger partial charge in [-0.15, -0.1) is 0 Å². The Hall–Kier alpha value is -1.68. The second kappa shape index (κ2) is 8.34. The number of rotatable bonds is 5. The maximum absolute atomic E-state index is 6.77. The van der Waals surface area contributed by atoms with Gasteiger partial charge in [-0.3, -0.25) is 0 Å². The molecule has 26 heavy (non-hydrogen) atoms. The SMILES string of the molecule is NCCCN1CCC(OC2c3ccccc3CCc3ccccc32)CC1. The molecule has 0 bridgehead atoms. The Morgan fingerprint density at radius 3 is 2.04 bits per heavy atom. The highest BCUT2D eigenvalue weighted by molar-refractivity contribution is 5.43. The number of likely N-dealkylation sites (tertiary alicyclic amines) is 1. The van der Waals surface area contributed by atoms with Crippen molar-refractivity contribution in [1.29, 1.82) is 0 Å². The Morgan fingerprint density at radius 1 is 0.885 bits per heavy atom. The maximum Gasteiger partial charge on any atom is 0.108 e. The molecular formula is C23H30N2O. The molecule has 1 fully saturated rings. The molecule has 2 aromatic carbocycles. The van der Waals surface area contributed by atoms with Crippen LogP contribution in [0.15, 0.2) is 48.5 Å². The zero-order valence-electron chi connectivity index (χ0n) is 15.6. The van der Waals surface area contributed by atoms with E-state index in [9.17, 15) is 0 Å². The summed E-state index contributed by atoms with van der Waals surface area (Å²) in [6.07, 6.45) is 5.94. The van der Waals surface area contributed by atoms with Crippen LogP contribution in [-0.2, 0) is 17.6 Å². The van der Waals surface area contributed by atoms with E-state index in [4.69, 9.17) is 10.5 Å². The second-order valence-corrected chi connectivity index (χ2v) is 7.60. The van der Waals surface area contributed by atoms with Gasteiger partial charge in [0.15, 0.2) is 0 Å². The van der Waals surface area contributed by atoms with Crippen molar-refractivity contribution < 1.29 is 4.74 Å². The predicted molar refractivity (Wildman–Crippen MR) is 106 cm³/mol. The van der Waals surface area contributed by atoms with Crippen LogP contribution < -0.4 is 5.73 Å². The molecule has 4 rings (SSSR count). The number of nitrogens with zero attached hydrogens (tertiary/aromatic N) is 1. The quantitative estimate of drug-likeness (QED) is 0.893. The van der Waals surface area contributed by atoms with Gasteiger partial charge in [0.25, 0.3) is 0 Å². The molecule has 2 aromatic rings. The molecule has 0 radical (unpaired) electrons. The van der Waals surface area contributed by atoms with Crippen molar-refractivity contribution in [1.82, 2.24) is 4.90 Å². The molecule has 138 valence electrons. The lowest BCUT2D eigenvalue weighted by Crippen LogP contribution is -2.38. The fourth-order valence-electron chi connectivity index (χ4n) is 4.40. The summed E-state index contributed by atoms with van der Waals surface area (Å²) < 4.78 is 6.77. The molecule has 0 unspecified atom stereocenters. The minimum Gasteiger partial charge on any atom is -0.365 e. The smallest absolute Gasteiger partial charge is 0.108 e. The van der Waals surface area contributed by atoms with Gasteiger partial charge >= 0.3 is 0 Å². The molecule has 2 aliphatic rings. The fourth-order valence-corrected chi connectivity index (χ4v) is 4.40. The highest BCUT2D eigenvalue weighted by Gasteiger charge is 2.28. The first-order valence-corrected chi connectivity index (χ1v) is 10.1. The summed E-state index contributed by atoms with van der Waals surface area (Å²) in [7, 11) is 0. The minimum absolute atomic E-state index is 0.0745. The first kappa shape index (κ1) is 17.7. The van der Waals surface area contributed by atoms with Gasteiger partial charge in [-0.05, 0) is 67.4 Å². The summed E-state index contributed by atoms with van der Waals surface area (Å²) in [6, 6.07) is 17.7. The van der Waals surface area contributed by atoms with Gasteiger partial charge in [0.1, 0.15) is 6.10 Å². The molecule has 0 aromatic heterocycles. The van der Waals surface area contributed by atoms with Crippen molar-refractivity contribution in [3.8, 4) is 0 Å². The van der Waals surface area contributed by atoms with Crippen LogP contribution in [0.2, 0.25) is 0 Å². The molecule has 0 saturated carbocycles. The molecule has 1 aliphatic heterocycles. The molecule has 0 spiro atoms. The van der Waals surface area contributed by atoms with E-state index in [1.54, 1.807) is 0 Å². The van der Waals surface area contributed by atoms with Crippen LogP contribution in [0.1, 0.15) is 47.6 Å². The molecule has 1 saturated heterocycles. The van der Waals surface area contributed by atoms with E-state index in [0.717, 1.165) is 58.3 Å². The third-order valence-corrected chi connectivity index (χ3v) is 5.88. The summed E-state index contributed by atoms with van der Waals surface area (Å²) in [5.41, 5.74) is 11.3.